The van der Waals surface area contributed by atoms with Crippen LogP contribution in [0.5, 0.6) is 0 Å². The number of nitrogens with zero attached hydrogens (tertiary/aromatic N) is 5. The van der Waals surface area contributed by atoms with Gasteiger partial charge in [-0.15, -0.1) is 10.2 Å². The van der Waals surface area contributed by atoms with E-state index < -0.39 is 15.1 Å². The average molecular weight is 498 g/mol. The molecule has 1 aromatic heterocycles. The van der Waals surface area contributed by atoms with E-state index >= 15 is 0 Å². The van der Waals surface area contributed by atoms with Crippen LogP contribution in [0.15, 0.2) is 29.4 Å². The summed E-state index contributed by atoms with van der Waals surface area (Å²) in [7, 11) is -3.10. The minimum Gasteiger partial charge on any atom is -0.378 e. The first-order chi connectivity index (χ1) is 15.8. The summed E-state index contributed by atoms with van der Waals surface area (Å²) in [6.45, 7) is 6.44. The summed E-state index contributed by atoms with van der Waals surface area (Å²) in [5.74, 6) is 0.158. The van der Waals surface area contributed by atoms with Crippen LogP contribution in [0.1, 0.15) is 20.3 Å². The molecule has 2 aliphatic rings. The number of amides is 1. The van der Waals surface area contributed by atoms with Gasteiger partial charge in [-0.3, -0.25) is 9.36 Å². The number of carbonyl (C=O) groups is 1. The lowest BCUT2D eigenvalue weighted by molar-refractivity contribution is -0.131. The van der Waals surface area contributed by atoms with Gasteiger partial charge < -0.3 is 14.5 Å². The van der Waals surface area contributed by atoms with Crippen LogP contribution in [0, 0.1) is 5.82 Å². The van der Waals surface area contributed by atoms with Gasteiger partial charge in [0.25, 0.3) is 0 Å². The molecule has 0 aliphatic carbocycles. The van der Waals surface area contributed by atoms with Gasteiger partial charge in [-0.2, -0.15) is 0 Å². The SMILES string of the molecule is CCN(C(=O)C(C)Sc1nnc(N2CCOCC2)n1-c1cccc(F)c1)C1CCS(=O)(=O)C1. The normalized spacial score (nSPS) is 21.2. The molecule has 1 amide bonds. The summed E-state index contributed by atoms with van der Waals surface area (Å²) in [4.78, 5) is 16.9. The fourth-order valence-corrected chi connectivity index (χ4v) is 6.87. The van der Waals surface area contributed by atoms with E-state index in [-0.39, 0.29) is 29.3 Å². The fraction of sp³-hybridized carbons (Fsp3) is 0.571. The van der Waals surface area contributed by atoms with E-state index in [1.54, 1.807) is 28.5 Å². The number of ether oxygens (including phenoxy) is 1. The Bertz CT molecular complexity index is 1100. The Hall–Kier alpha value is -2.18. The van der Waals surface area contributed by atoms with Crippen molar-refractivity contribution in [1.82, 2.24) is 19.7 Å². The zero-order valence-electron chi connectivity index (χ0n) is 18.7. The number of hydrogen-bond donors (Lipinski definition) is 0. The number of benzene rings is 1. The lowest BCUT2D eigenvalue weighted by Crippen LogP contribution is -2.44. The second-order valence-electron chi connectivity index (χ2n) is 8.14. The van der Waals surface area contributed by atoms with Crippen LogP contribution < -0.4 is 4.90 Å². The largest absolute Gasteiger partial charge is 0.378 e. The maximum atomic E-state index is 14.0. The van der Waals surface area contributed by atoms with E-state index in [1.165, 1.54) is 23.9 Å². The Labute approximate surface area is 197 Å². The molecule has 12 heteroatoms. The fourth-order valence-electron chi connectivity index (χ4n) is 4.21. The zero-order chi connectivity index (χ0) is 23.6. The van der Waals surface area contributed by atoms with Crippen LogP contribution in [0.2, 0.25) is 0 Å². The van der Waals surface area contributed by atoms with Crippen molar-refractivity contribution in [3.8, 4) is 5.69 Å². The minimum atomic E-state index is -3.10. The van der Waals surface area contributed by atoms with E-state index in [9.17, 15) is 17.6 Å². The molecule has 3 heterocycles. The van der Waals surface area contributed by atoms with E-state index in [1.807, 2.05) is 11.8 Å². The van der Waals surface area contributed by atoms with Gasteiger partial charge in [-0.05, 0) is 38.5 Å². The zero-order valence-corrected chi connectivity index (χ0v) is 20.3. The molecule has 2 unspecified atom stereocenters. The molecule has 33 heavy (non-hydrogen) atoms. The highest BCUT2D eigenvalue weighted by molar-refractivity contribution is 8.00. The number of aromatic nitrogens is 3. The second kappa shape index (κ2) is 9.98. The molecule has 2 aromatic rings. The Kier molecular flexibility index (Phi) is 7.25. The molecule has 2 fully saturated rings. The summed E-state index contributed by atoms with van der Waals surface area (Å²) in [5, 5.41) is 8.63. The molecule has 180 valence electrons. The summed E-state index contributed by atoms with van der Waals surface area (Å²) in [5.41, 5.74) is 0.567. The molecular formula is C21H28FN5O4S2. The summed E-state index contributed by atoms with van der Waals surface area (Å²) in [6, 6.07) is 5.87. The van der Waals surface area contributed by atoms with Crippen LogP contribution >= 0.6 is 11.8 Å². The van der Waals surface area contributed by atoms with E-state index in [4.69, 9.17) is 4.74 Å². The van der Waals surface area contributed by atoms with Gasteiger partial charge in [-0.1, -0.05) is 17.8 Å². The predicted octanol–water partition coefficient (Wildman–Crippen LogP) is 1.76. The summed E-state index contributed by atoms with van der Waals surface area (Å²) in [6.07, 6.45) is 0.458. The van der Waals surface area contributed by atoms with Gasteiger partial charge >= 0.3 is 0 Å². The van der Waals surface area contributed by atoms with Crippen molar-refractivity contribution in [2.75, 3.05) is 49.3 Å². The van der Waals surface area contributed by atoms with Crippen molar-refractivity contribution < 1.29 is 22.3 Å². The predicted molar refractivity (Wildman–Crippen MR) is 124 cm³/mol. The maximum Gasteiger partial charge on any atom is 0.236 e. The highest BCUT2D eigenvalue weighted by atomic mass is 32.2. The second-order valence-corrected chi connectivity index (χ2v) is 11.7. The first-order valence-corrected chi connectivity index (χ1v) is 13.7. The third-order valence-corrected chi connectivity index (χ3v) is 8.66. The number of thioether (sulfide) groups is 1. The monoisotopic (exact) mass is 497 g/mol. The van der Waals surface area contributed by atoms with Crippen LogP contribution in [-0.2, 0) is 19.4 Å². The number of sulfone groups is 1. The highest BCUT2D eigenvalue weighted by Gasteiger charge is 2.36. The van der Waals surface area contributed by atoms with Crippen LogP contribution in [0.4, 0.5) is 10.3 Å². The van der Waals surface area contributed by atoms with Gasteiger partial charge in [0.1, 0.15) is 5.82 Å². The molecule has 1 aromatic carbocycles. The summed E-state index contributed by atoms with van der Waals surface area (Å²) >= 11 is 1.23. The molecule has 2 atom stereocenters. The molecule has 0 saturated carbocycles. The minimum absolute atomic E-state index is 0.00458. The van der Waals surface area contributed by atoms with E-state index in [0.29, 0.717) is 56.1 Å². The van der Waals surface area contributed by atoms with Crippen LogP contribution in [0.3, 0.4) is 0 Å². The quantitative estimate of drug-likeness (QED) is 0.534. The van der Waals surface area contributed by atoms with Crippen LogP contribution in [-0.4, -0.2) is 89.6 Å². The smallest absolute Gasteiger partial charge is 0.236 e. The van der Waals surface area contributed by atoms with Gasteiger partial charge in [0.15, 0.2) is 15.0 Å². The highest BCUT2D eigenvalue weighted by Crippen LogP contribution is 2.31. The maximum absolute atomic E-state index is 14.0. The molecule has 0 spiro atoms. The number of anilines is 1. The first-order valence-electron chi connectivity index (χ1n) is 11.0. The third-order valence-electron chi connectivity index (χ3n) is 5.88. The van der Waals surface area contributed by atoms with Crippen molar-refractivity contribution in [2.24, 2.45) is 0 Å². The Morgan fingerprint density at radius 2 is 2.09 bits per heavy atom. The van der Waals surface area contributed by atoms with Gasteiger partial charge in [-0.25, -0.2) is 12.8 Å². The van der Waals surface area contributed by atoms with Crippen molar-refractivity contribution in [3.63, 3.8) is 0 Å². The van der Waals surface area contributed by atoms with Crippen molar-refractivity contribution >= 4 is 33.5 Å². The first kappa shape index (κ1) is 24.0. The molecular weight excluding hydrogens is 469 g/mol. The van der Waals surface area contributed by atoms with E-state index in [0.717, 1.165) is 0 Å². The molecule has 2 saturated heterocycles. The van der Waals surface area contributed by atoms with Gasteiger partial charge in [0.2, 0.25) is 11.9 Å². The lowest BCUT2D eigenvalue weighted by Gasteiger charge is -2.29. The topological polar surface area (TPSA) is 97.6 Å². The van der Waals surface area contributed by atoms with Crippen molar-refractivity contribution in [2.45, 2.75) is 36.7 Å². The van der Waals surface area contributed by atoms with E-state index in [2.05, 4.69) is 10.2 Å². The Morgan fingerprint density at radius 1 is 1.33 bits per heavy atom. The standard InChI is InChI=1S/C21H28FN5O4S2/c1-3-26(18-7-12-33(29,30)14-18)19(28)15(2)32-21-24-23-20(25-8-10-31-11-9-25)27(21)17-6-4-5-16(22)13-17/h4-6,13,15,18H,3,7-12,14H2,1-2H3. The molecule has 4 rings (SSSR count). The lowest BCUT2D eigenvalue weighted by atomic mass is 10.2. The molecule has 2 aliphatic heterocycles. The Balaban J connectivity index is 1.60. The van der Waals surface area contributed by atoms with Gasteiger partial charge in [0.05, 0.1) is 35.7 Å². The molecule has 0 radical (unpaired) electrons. The Morgan fingerprint density at radius 3 is 2.73 bits per heavy atom. The average Bonchev–Trinajstić information content (AvgIpc) is 3.37. The number of hydrogen-bond acceptors (Lipinski definition) is 8. The van der Waals surface area contributed by atoms with Gasteiger partial charge in [0, 0.05) is 25.7 Å². The third kappa shape index (κ3) is 5.33. The van der Waals surface area contributed by atoms with Crippen LogP contribution in [0.25, 0.3) is 5.69 Å². The molecule has 9 nitrogen and oxygen atoms in total. The molecule has 0 bridgehead atoms. The number of rotatable bonds is 7. The summed E-state index contributed by atoms with van der Waals surface area (Å²) < 4.78 is 45.1. The molecule has 0 N–H and O–H groups in total. The number of halogens is 1. The number of morpholine rings is 1. The number of carbonyl (C=O) groups excluding carboxylic acids is 1. The van der Waals surface area contributed by atoms with Crippen molar-refractivity contribution in [3.05, 3.63) is 30.1 Å². The van der Waals surface area contributed by atoms with Crippen molar-refractivity contribution in [1.29, 1.82) is 0 Å².